The Bertz CT molecular complexity index is 1180. The topological polar surface area (TPSA) is 97.5 Å². The van der Waals surface area contributed by atoms with Crippen LogP contribution in [-0.4, -0.2) is 35.5 Å². The first kappa shape index (κ1) is 27.3. The largest absolute Gasteiger partial charge is 0.445 e. The van der Waals surface area contributed by atoms with Gasteiger partial charge in [-0.15, -0.1) is 0 Å². The summed E-state index contributed by atoms with van der Waals surface area (Å²) >= 11 is 0. The van der Waals surface area contributed by atoms with Gasteiger partial charge in [-0.2, -0.15) is 0 Å². The van der Waals surface area contributed by atoms with E-state index in [2.05, 4.69) is 10.3 Å². The third-order valence-electron chi connectivity index (χ3n) is 7.10. The second-order valence-electron chi connectivity index (χ2n) is 9.88. The van der Waals surface area contributed by atoms with Crippen molar-refractivity contribution in [2.45, 2.75) is 50.7 Å². The zero-order chi connectivity index (χ0) is 26.8. The third kappa shape index (κ3) is 7.38. The van der Waals surface area contributed by atoms with Gasteiger partial charge in [-0.1, -0.05) is 49.2 Å². The fourth-order valence-electron chi connectivity index (χ4n) is 4.63. The number of ether oxygens (including phenoxy) is 1. The molecule has 2 aromatic carbocycles. The Morgan fingerprint density at radius 3 is 2.45 bits per heavy atom. The predicted molar refractivity (Wildman–Crippen MR) is 145 cm³/mol. The number of halogens is 1. The molecule has 1 aliphatic carbocycles. The number of amides is 2. The van der Waals surface area contributed by atoms with Crippen LogP contribution in [0.3, 0.4) is 0 Å². The lowest BCUT2D eigenvalue weighted by Crippen LogP contribution is -2.38. The summed E-state index contributed by atoms with van der Waals surface area (Å²) < 4.78 is 19.0. The molecule has 3 N–H and O–H groups in total. The number of benzene rings is 2. The van der Waals surface area contributed by atoms with Crippen molar-refractivity contribution < 1.29 is 18.7 Å². The molecule has 7 nitrogen and oxygen atoms in total. The molecule has 1 unspecified atom stereocenters. The first-order valence-corrected chi connectivity index (χ1v) is 13.1. The smallest absolute Gasteiger partial charge is 0.410 e. The minimum Gasteiger partial charge on any atom is -0.445 e. The van der Waals surface area contributed by atoms with E-state index in [1.165, 1.54) is 18.9 Å². The highest BCUT2D eigenvalue weighted by atomic mass is 19.1. The van der Waals surface area contributed by atoms with E-state index < -0.39 is 11.4 Å². The number of hydrogen-bond acceptors (Lipinski definition) is 5. The summed E-state index contributed by atoms with van der Waals surface area (Å²) in [6, 6.07) is 18.2. The molecule has 1 aromatic heterocycles. The van der Waals surface area contributed by atoms with Crippen LogP contribution in [0.2, 0.25) is 0 Å². The highest BCUT2D eigenvalue weighted by Crippen LogP contribution is 2.40. The van der Waals surface area contributed by atoms with Gasteiger partial charge in [0, 0.05) is 25.5 Å². The molecule has 38 heavy (non-hydrogen) atoms. The van der Waals surface area contributed by atoms with Crippen molar-refractivity contribution in [2.24, 2.45) is 11.7 Å². The quantitative estimate of drug-likeness (QED) is 0.359. The molecule has 1 aliphatic heterocycles. The number of carbonyl (C=O) groups excluding carboxylic acids is 2. The number of carbonyl (C=O) groups is 2. The SMILES string of the molecule is NC(CCC1CC1)(c1ccncc1)c1ccc(F)c(NC=O)c1.O=C(OCc1ccccc1)N1CCCC1. The Morgan fingerprint density at radius 1 is 1.08 bits per heavy atom. The van der Waals surface area contributed by atoms with Crippen LogP contribution in [0.4, 0.5) is 14.9 Å². The maximum Gasteiger partial charge on any atom is 0.410 e. The Balaban J connectivity index is 0.000000194. The lowest BCUT2D eigenvalue weighted by molar-refractivity contribution is -0.105. The van der Waals surface area contributed by atoms with Crippen LogP contribution in [-0.2, 0) is 21.7 Å². The summed E-state index contributed by atoms with van der Waals surface area (Å²) in [6.45, 7) is 2.05. The number of aromatic nitrogens is 1. The molecule has 0 bridgehead atoms. The minimum atomic E-state index is -0.724. The van der Waals surface area contributed by atoms with E-state index >= 15 is 0 Å². The van der Waals surface area contributed by atoms with Crippen molar-refractivity contribution in [2.75, 3.05) is 18.4 Å². The van der Waals surface area contributed by atoms with E-state index in [4.69, 9.17) is 10.5 Å². The van der Waals surface area contributed by atoms with Crippen LogP contribution in [0.5, 0.6) is 0 Å². The maximum absolute atomic E-state index is 13.8. The van der Waals surface area contributed by atoms with Crippen LogP contribution >= 0.6 is 0 Å². The number of rotatable bonds is 9. The van der Waals surface area contributed by atoms with Gasteiger partial charge in [0.15, 0.2) is 0 Å². The van der Waals surface area contributed by atoms with Crippen molar-refractivity contribution in [1.29, 1.82) is 0 Å². The highest BCUT2D eigenvalue weighted by Gasteiger charge is 2.33. The van der Waals surface area contributed by atoms with Crippen molar-refractivity contribution in [3.05, 3.63) is 95.6 Å². The van der Waals surface area contributed by atoms with Crippen LogP contribution in [0.25, 0.3) is 0 Å². The average molecular weight is 519 g/mol. The van der Waals surface area contributed by atoms with Crippen molar-refractivity contribution in [1.82, 2.24) is 9.88 Å². The molecule has 2 aliphatic rings. The zero-order valence-electron chi connectivity index (χ0n) is 21.5. The number of pyridine rings is 1. The van der Waals surface area contributed by atoms with E-state index in [9.17, 15) is 14.0 Å². The number of nitrogens with zero attached hydrogens (tertiary/aromatic N) is 2. The summed E-state index contributed by atoms with van der Waals surface area (Å²) in [5.41, 5.74) is 8.95. The van der Waals surface area contributed by atoms with E-state index in [0.29, 0.717) is 13.0 Å². The number of anilines is 1. The molecule has 8 heteroatoms. The van der Waals surface area contributed by atoms with Gasteiger partial charge in [0.25, 0.3) is 0 Å². The zero-order valence-corrected chi connectivity index (χ0v) is 21.5. The molecule has 2 fully saturated rings. The second-order valence-corrected chi connectivity index (χ2v) is 9.88. The molecular weight excluding hydrogens is 483 g/mol. The van der Waals surface area contributed by atoms with Gasteiger partial charge < -0.3 is 20.7 Å². The summed E-state index contributed by atoms with van der Waals surface area (Å²) in [7, 11) is 0. The fraction of sp³-hybridized carbons (Fsp3) is 0.367. The summed E-state index contributed by atoms with van der Waals surface area (Å²) in [4.78, 5) is 28.0. The lowest BCUT2D eigenvalue weighted by atomic mass is 9.79. The molecule has 5 rings (SSSR count). The summed E-state index contributed by atoms with van der Waals surface area (Å²) in [6.07, 6.45) is 10.2. The molecule has 0 radical (unpaired) electrons. The van der Waals surface area contributed by atoms with Crippen LogP contribution < -0.4 is 11.1 Å². The fourth-order valence-corrected chi connectivity index (χ4v) is 4.63. The van der Waals surface area contributed by atoms with Gasteiger partial charge >= 0.3 is 6.09 Å². The maximum atomic E-state index is 13.8. The molecule has 2 heterocycles. The van der Waals surface area contributed by atoms with Crippen LogP contribution in [0.15, 0.2) is 73.1 Å². The van der Waals surface area contributed by atoms with E-state index in [1.54, 1.807) is 29.4 Å². The summed E-state index contributed by atoms with van der Waals surface area (Å²) in [5.74, 6) is 0.271. The molecule has 3 aromatic rings. The van der Waals surface area contributed by atoms with Gasteiger partial charge in [-0.25, -0.2) is 9.18 Å². The number of nitrogens with two attached hydrogens (primary N) is 1. The highest BCUT2D eigenvalue weighted by molar-refractivity contribution is 5.72. The van der Waals surface area contributed by atoms with E-state index in [1.807, 2.05) is 42.5 Å². The van der Waals surface area contributed by atoms with E-state index in [0.717, 1.165) is 61.4 Å². The summed E-state index contributed by atoms with van der Waals surface area (Å²) in [5, 5.41) is 2.39. The third-order valence-corrected chi connectivity index (χ3v) is 7.10. The Hall–Kier alpha value is -3.78. The predicted octanol–water partition coefficient (Wildman–Crippen LogP) is 5.60. The first-order chi connectivity index (χ1) is 18.5. The molecule has 1 saturated heterocycles. The molecule has 2 amide bonds. The van der Waals surface area contributed by atoms with Crippen molar-refractivity contribution in [3.63, 3.8) is 0 Å². The Kier molecular flexibility index (Phi) is 9.43. The average Bonchev–Trinajstić information content (AvgIpc) is 3.63. The van der Waals surface area contributed by atoms with Gasteiger partial charge in [0.05, 0.1) is 11.2 Å². The standard InChI is InChI=1S/C18H20FN3O.C12H15NO2/c19-16-4-3-15(11-17(16)22-12-23)18(20,8-5-13-1-2-13)14-6-9-21-10-7-14;14-12(13-8-4-5-9-13)15-10-11-6-2-1-3-7-11/h3-4,6-7,9-13H,1-2,5,8,20H2,(H,22,23);1-3,6-7H,4-5,8-10H2. The first-order valence-electron chi connectivity index (χ1n) is 13.1. The normalized spacial score (nSPS) is 16.1. The van der Waals surface area contributed by atoms with Gasteiger partial charge in [0.1, 0.15) is 12.4 Å². The minimum absolute atomic E-state index is 0.146. The molecular formula is C30H35FN4O3. The van der Waals surface area contributed by atoms with Crippen LogP contribution in [0, 0.1) is 11.7 Å². The van der Waals surface area contributed by atoms with Gasteiger partial charge in [0.2, 0.25) is 6.41 Å². The molecule has 200 valence electrons. The van der Waals surface area contributed by atoms with Crippen molar-refractivity contribution >= 4 is 18.2 Å². The Labute approximate surface area is 223 Å². The molecule has 1 saturated carbocycles. The second kappa shape index (κ2) is 13.1. The van der Waals surface area contributed by atoms with Gasteiger partial charge in [-0.3, -0.25) is 9.78 Å². The number of likely N-dealkylation sites (tertiary alicyclic amines) is 1. The Morgan fingerprint density at radius 2 is 1.79 bits per heavy atom. The molecule has 0 spiro atoms. The monoisotopic (exact) mass is 518 g/mol. The molecule has 1 atom stereocenters. The van der Waals surface area contributed by atoms with Gasteiger partial charge in [-0.05, 0) is 72.6 Å². The lowest BCUT2D eigenvalue weighted by Gasteiger charge is -2.31. The number of nitrogens with one attached hydrogen (secondary N) is 1. The van der Waals surface area contributed by atoms with Crippen LogP contribution in [0.1, 0.15) is 55.2 Å². The van der Waals surface area contributed by atoms with E-state index in [-0.39, 0.29) is 11.8 Å². The van der Waals surface area contributed by atoms with Crippen molar-refractivity contribution in [3.8, 4) is 0 Å². The number of hydrogen-bond donors (Lipinski definition) is 2.